The highest BCUT2D eigenvalue weighted by Gasteiger charge is 2.18. The molecule has 1 atom stereocenters. The van der Waals surface area contributed by atoms with Crippen molar-refractivity contribution in [1.29, 1.82) is 0 Å². The number of anilines is 1. The molecule has 0 aliphatic heterocycles. The van der Waals surface area contributed by atoms with Crippen molar-refractivity contribution in [3.05, 3.63) is 59.1 Å². The summed E-state index contributed by atoms with van der Waals surface area (Å²) in [6, 6.07) is 9.04. The summed E-state index contributed by atoms with van der Waals surface area (Å²) in [4.78, 5) is 23.5. The largest absolute Gasteiger partial charge is 0.479 e. The highest BCUT2D eigenvalue weighted by Crippen LogP contribution is 2.17. The van der Waals surface area contributed by atoms with Gasteiger partial charge in [-0.3, -0.25) is 4.79 Å². The summed E-state index contributed by atoms with van der Waals surface area (Å²) >= 11 is 5.74. The van der Waals surface area contributed by atoms with E-state index in [1.165, 1.54) is 6.92 Å². The van der Waals surface area contributed by atoms with Gasteiger partial charge < -0.3 is 14.8 Å². The zero-order valence-corrected chi connectivity index (χ0v) is 13.8. The van der Waals surface area contributed by atoms with Gasteiger partial charge in [0.15, 0.2) is 12.7 Å². The van der Waals surface area contributed by atoms with Crippen LogP contribution in [0.3, 0.4) is 0 Å². The van der Waals surface area contributed by atoms with Crippen LogP contribution in [0, 0.1) is 11.6 Å². The quantitative estimate of drug-likeness (QED) is 0.791. The normalized spacial score (nSPS) is 11.5. The van der Waals surface area contributed by atoms with Crippen LogP contribution in [0.2, 0.25) is 5.02 Å². The van der Waals surface area contributed by atoms with Gasteiger partial charge in [0.1, 0.15) is 17.4 Å². The molecule has 0 radical (unpaired) electrons. The summed E-state index contributed by atoms with van der Waals surface area (Å²) in [5.74, 6) is -2.83. The molecule has 0 bridgehead atoms. The van der Waals surface area contributed by atoms with Gasteiger partial charge in [0.05, 0.1) is 5.69 Å². The van der Waals surface area contributed by atoms with Gasteiger partial charge in [-0.25, -0.2) is 13.6 Å². The molecule has 0 heterocycles. The van der Waals surface area contributed by atoms with Crippen LogP contribution in [-0.4, -0.2) is 24.6 Å². The fraction of sp³-hybridized carbons (Fsp3) is 0.176. The van der Waals surface area contributed by atoms with Crippen LogP contribution in [-0.2, 0) is 14.3 Å². The lowest BCUT2D eigenvalue weighted by Gasteiger charge is -2.14. The number of nitrogens with one attached hydrogen (secondary N) is 1. The summed E-state index contributed by atoms with van der Waals surface area (Å²) in [5, 5.41) is 2.69. The Kier molecular flexibility index (Phi) is 6.30. The molecule has 8 heteroatoms. The Bertz CT molecular complexity index is 768. The maximum atomic E-state index is 13.4. The molecule has 0 saturated heterocycles. The summed E-state index contributed by atoms with van der Waals surface area (Å²) in [5.41, 5.74) is -0.215. The van der Waals surface area contributed by atoms with Gasteiger partial charge in [-0.2, -0.15) is 0 Å². The lowest BCUT2D eigenvalue weighted by Crippen LogP contribution is -2.29. The maximum absolute atomic E-state index is 13.4. The van der Waals surface area contributed by atoms with Crippen LogP contribution in [0.1, 0.15) is 6.92 Å². The number of rotatable bonds is 6. The van der Waals surface area contributed by atoms with E-state index in [4.69, 9.17) is 21.1 Å². The number of carbonyl (C=O) groups excluding carboxylic acids is 2. The van der Waals surface area contributed by atoms with Crippen molar-refractivity contribution in [2.45, 2.75) is 13.0 Å². The van der Waals surface area contributed by atoms with Crippen LogP contribution in [0.4, 0.5) is 14.5 Å². The summed E-state index contributed by atoms with van der Waals surface area (Å²) in [6.45, 7) is 0.818. The number of hydrogen-bond acceptors (Lipinski definition) is 4. The Morgan fingerprint density at radius 3 is 2.48 bits per heavy atom. The topological polar surface area (TPSA) is 64.6 Å². The maximum Gasteiger partial charge on any atom is 0.347 e. The molecule has 0 spiro atoms. The monoisotopic (exact) mass is 369 g/mol. The SMILES string of the molecule is C[C@H](Oc1ccc(Cl)cc1)C(=O)OCC(=O)Nc1ccc(F)cc1F. The van der Waals surface area contributed by atoms with E-state index >= 15 is 0 Å². The van der Waals surface area contributed by atoms with E-state index in [1.54, 1.807) is 24.3 Å². The number of hydrogen-bond donors (Lipinski definition) is 1. The number of amides is 1. The fourth-order valence-electron chi connectivity index (χ4n) is 1.80. The summed E-state index contributed by atoms with van der Waals surface area (Å²) in [6.07, 6.45) is -0.962. The van der Waals surface area contributed by atoms with Gasteiger partial charge in [0.2, 0.25) is 0 Å². The minimum atomic E-state index is -0.962. The first-order valence-corrected chi connectivity index (χ1v) is 7.56. The Hall–Kier alpha value is -2.67. The van der Waals surface area contributed by atoms with Crippen LogP contribution < -0.4 is 10.1 Å². The van der Waals surface area contributed by atoms with Crippen molar-refractivity contribution < 1.29 is 27.8 Å². The molecule has 132 valence electrons. The van der Waals surface area contributed by atoms with E-state index in [9.17, 15) is 18.4 Å². The molecule has 0 fully saturated rings. The Morgan fingerprint density at radius 1 is 1.16 bits per heavy atom. The van der Waals surface area contributed by atoms with Crippen molar-refractivity contribution in [1.82, 2.24) is 0 Å². The molecule has 0 aromatic heterocycles. The van der Waals surface area contributed by atoms with E-state index in [1.807, 2.05) is 0 Å². The molecular formula is C17H14ClF2NO4. The second-order valence-corrected chi connectivity index (χ2v) is 5.43. The molecule has 2 aromatic carbocycles. The first kappa shape index (κ1) is 18.7. The van der Waals surface area contributed by atoms with E-state index < -0.39 is 36.2 Å². The molecule has 0 aliphatic carbocycles. The average Bonchev–Trinajstić information content (AvgIpc) is 2.57. The van der Waals surface area contributed by atoms with Gasteiger partial charge in [0, 0.05) is 11.1 Å². The lowest BCUT2D eigenvalue weighted by molar-refractivity contribution is -0.153. The highest BCUT2D eigenvalue weighted by atomic mass is 35.5. The van der Waals surface area contributed by atoms with Crippen LogP contribution >= 0.6 is 11.6 Å². The standard InChI is InChI=1S/C17H14ClF2NO4/c1-10(25-13-5-2-11(18)3-6-13)17(23)24-9-16(22)21-15-7-4-12(19)8-14(15)20/h2-8,10H,9H2,1H3,(H,21,22)/t10-/m0/s1. The molecule has 1 amide bonds. The van der Waals surface area contributed by atoms with Crippen LogP contribution in [0.15, 0.2) is 42.5 Å². The average molecular weight is 370 g/mol. The van der Waals surface area contributed by atoms with Gasteiger partial charge in [-0.1, -0.05) is 11.6 Å². The minimum absolute atomic E-state index is 0.215. The van der Waals surface area contributed by atoms with Gasteiger partial charge >= 0.3 is 5.97 Å². The lowest BCUT2D eigenvalue weighted by atomic mass is 10.3. The van der Waals surface area contributed by atoms with Crippen molar-refractivity contribution in [2.24, 2.45) is 0 Å². The molecule has 1 N–H and O–H groups in total. The highest BCUT2D eigenvalue weighted by molar-refractivity contribution is 6.30. The number of carbonyl (C=O) groups is 2. The smallest absolute Gasteiger partial charge is 0.347 e. The first-order valence-electron chi connectivity index (χ1n) is 7.19. The molecule has 2 aromatic rings. The van der Waals surface area contributed by atoms with Crippen molar-refractivity contribution in [3.8, 4) is 5.75 Å². The van der Waals surface area contributed by atoms with E-state index in [0.29, 0.717) is 16.8 Å². The molecule has 25 heavy (non-hydrogen) atoms. The molecule has 5 nitrogen and oxygen atoms in total. The zero-order valence-electron chi connectivity index (χ0n) is 13.1. The predicted octanol–water partition coefficient (Wildman–Crippen LogP) is 3.57. The Morgan fingerprint density at radius 2 is 1.84 bits per heavy atom. The van der Waals surface area contributed by atoms with Crippen molar-refractivity contribution >= 4 is 29.2 Å². The number of halogens is 3. The third-order valence-corrected chi connectivity index (χ3v) is 3.26. The molecule has 0 unspecified atom stereocenters. The zero-order chi connectivity index (χ0) is 18.4. The number of ether oxygens (including phenoxy) is 2. The molecule has 0 saturated carbocycles. The molecule has 2 rings (SSSR count). The Labute approximate surface area is 147 Å². The molecular weight excluding hydrogens is 356 g/mol. The van der Waals surface area contributed by atoms with Gasteiger partial charge in [-0.15, -0.1) is 0 Å². The van der Waals surface area contributed by atoms with Crippen molar-refractivity contribution in [2.75, 3.05) is 11.9 Å². The van der Waals surface area contributed by atoms with Gasteiger partial charge in [-0.05, 0) is 43.3 Å². The van der Waals surface area contributed by atoms with Crippen LogP contribution in [0.25, 0.3) is 0 Å². The Balaban J connectivity index is 1.82. The van der Waals surface area contributed by atoms with E-state index in [2.05, 4.69) is 5.32 Å². The second-order valence-electron chi connectivity index (χ2n) is 4.99. The van der Waals surface area contributed by atoms with Crippen LogP contribution in [0.5, 0.6) is 5.75 Å². The summed E-state index contributed by atoms with van der Waals surface area (Å²) in [7, 11) is 0. The summed E-state index contributed by atoms with van der Waals surface area (Å²) < 4.78 is 36.3. The number of esters is 1. The van der Waals surface area contributed by atoms with E-state index in [0.717, 1.165) is 12.1 Å². The van der Waals surface area contributed by atoms with Gasteiger partial charge in [0.25, 0.3) is 5.91 Å². The fourth-order valence-corrected chi connectivity index (χ4v) is 1.92. The first-order chi connectivity index (χ1) is 11.8. The minimum Gasteiger partial charge on any atom is -0.479 e. The second kappa shape index (κ2) is 8.43. The predicted molar refractivity (Wildman–Crippen MR) is 87.5 cm³/mol. The molecule has 0 aliphatic rings. The van der Waals surface area contributed by atoms with Crippen molar-refractivity contribution in [3.63, 3.8) is 0 Å². The van der Waals surface area contributed by atoms with E-state index in [-0.39, 0.29) is 5.69 Å². The number of benzene rings is 2. The third kappa shape index (κ3) is 5.72. The third-order valence-electron chi connectivity index (χ3n) is 3.01.